The minimum absolute atomic E-state index is 0.0437. The fourth-order valence-electron chi connectivity index (χ4n) is 2.06. The van der Waals surface area contributed by atoms with Gasteiger partial charge >= 0.3 is 6.18 Å². The molecule has 0 radical (unpaired) electrons. The molecule has 3 nitrogen and oxygen atoms in total. The van der Waals surface area contributed by atoms with Crippen LogP contribution < -0.4 is 10.1 Å². The van der Waals surface area contributed by atoms with E-state index >= 15 is 0 Å². The number of halogens is 3. The number of anilines is 1. The van der Waals surface area contributed by atoms with Gasteiger partial charge in [0.2, 0.25) is 5.91 Å². The van der Waals surface area contributed by atoms with Gasteiger partial charge in [0.05, 0.1) is 11.7 Å². The van der Waals surface area contributed by atoms with E-state index in [4.69, 9.17) is 4.74 Å². The summed E-state index contributed by atoms with van der Waals surface area (Å²) in [6.45, 7) is 3.83. The van der Waals surface area contributed by atoms with E-state index in [-0.39, 0.29) is 6.10 Å². The Labute approximate surface area is 144 Å². The van der Waals surface area contributed by atoms with Gasteiger partial charge in [-0.1, -0.05) is 12.1 Å². The summed E-state index contributed by atoms with van der Waals surface area (Å²) in [4.78, 5) is 11.9. The molecule has 0 aliphatic carbocycles. The second-order valence-electron chi connectivity index (χ2n) is 5.64. The zero-order chi connectivity index (χ0) is 18.4. The van der Waals surface area contributed by atoms with Gasteiger partial charge in [0.15, 0.2) is 0 Å². The Morgan fingerprint density at radius 1 is 1.12 bits per heavy atom. The normalized spacial score (nSPS) is 11.8. The predicted octanol–water partition coefficient (Wildman–Crippen LogP) is 5.14. The van der Waals surface area contributed by atoms with Crippen LogP contribution in [0.25, 0.3) is 6.08 Å². The minimum Gasteiger partial charge on any atom is -0.491 e. The molecule has 0 aliphatic rings. The number of hydrogen-bond donors (Lipinski definition) is 1. The Morgan fingerprint density at radius 2 is 1.80 bits per heavy atom. The average Bonchev–Trinajstić information content (AvgIpc) is 2.52. The van der Waals surface area contributed by atoms with Crippen molar-refractivity contribution in [1.82, 2.24) is 0 Å². The van der Waals surface area contributed by atoms with Gasteiger partial charge in [0.25, 0.3) is 0 Å². The number of carbonyl (C=O) groups is 1. The molecule has 6 heteroatoms. The Hall–Kier alpha value is -2.76. The third-order valence-electron chi connectivity index (χ3n) is 3.14. The quantitative estimate of drug-likeness (QED) is 0.759. The summed E-state index contributed by atoms with van der Waals surface area (Å²) in [7, 11) is 0. The lowest BCUT2D eigenvalue weighted by Gasteiger charge is -2.09. The molecule has 0 saturated heterocycles. The number of nitrogens with one attached hydrogen (secondary N) is 1. The van der Waals surface area contributed by atoms with Crippen molar-refractivity contribution in [3.63, 3.8) is 0 Å². The van der Waals surface area contributed by atoms with E-state index in [9.17, 15) is 18.0 Å². The lowest BCUT2D eigenvalue weighted by Crippen LogP contribution is -2.09. The van der Waals surface area contributed by atoms with Gasteiger partial charge in [-0.3, -0.25) is 4.79 Å². The van der Waals surface area contributed by atoms with Crippen LogP contribution in [-0.4, -0.2) is 12.0 Å². The maximum Gasteiger partial charge on any atom is 0.416 e. The summed E-state index contributed by atoms with van der Waals surface area (Å²) in [5, 5.41) is 2.51. The molecule has 0 aromatic heterocycles. The summed E-state index contributed by atoms with van der Waals surface area (Å²) >= 11 is 0. The van der Waals surface area contributed by atoms with Crippen LogP contribution in [0.5, 0.6) is 5.75 Å². The van der Waals surface area contributed by atoms with Crippen LogP contribution in [0.2, 0.25) is 0 Å². The first-order valence-corrected chi connectivity index (χ1v) is 7.67. The second kappa shape index (κ2) is 7.88. The van der Waals surface area contributed by atoms with E-state index in [1.54, 1.807) is 12.1 Å². The van der Waals surface area contributed by atoms with Crippen molar-refractivity contribution in [2.45, 2.75) is 26.1 Å². The number of alkyl halides is 3. The second-order valence-corrected chi connectivity index (χ2v) is 5.64. The van der Waals surface area contributed by atoms with Crippen LogP contribution >= 0.6 is 0 Å². The number of amides is 1. The third kappa shape index (κ3) is 5.99. The predicted molar refractivity (Wildman–Crippen MR) is 91.3 cm³/mol. The molecule has 0 atom stereocenters. The molecule has 1 amide bonds. The summed E-state index contributed by atoms with van der Waals surface area (Å²) in [6, 6.07) is 11.5. The van der Waals surface area contributed by atoms with Crippen LogP contribution in [0.4, 0.5) is 18.9 Å². The van der Waals surface area contributed by atoms with Crippen molar-refractivity contribution in [3.8, 4) is 5.75 Å². The highest BCUT2D eigenvalue weighted by atomic mass is 19.4. The van der Waals surface area contributed by atoms with Gasteiger partial charge in [-0.25, -0.2) is 0 Å². The fourth-order valence-corrected chi connectivity index (χ4v) is 2.06. The van der Waals surface area contributed by atoms with E-state index in [0.29, 0.717) is 11.4 Å². The van der Waals surface area contributed by atoms with Crippen LogP contribution in [0.15, 0.2) is 54.6 Å². The molecule has 2 rings (SSSR count). The van der Waals surface area contributed by atoms with E-state index < -0.39 is 17.6 Å². The maximum absolute atomic E-state index is 12.5. The van der Waals surface area contributed by atoms with E-state index in [0.717, 1.165) is 17.7 Å². The molecule has 0 fully saturated rings. The molecular weight excluding hydrogens is 331 g/mol. The first-order chi connectivity index (χ1) is 11.7. The van der Waals surface area contributed by atoms with Crippen molar-refractivity contribution in [2.75, 3.05) is 5.32 Å². The SMILES string of the molecule is CC(C)Oc1cccc(/C=C/C(=O)Nc2ccc(C(F)(F)F)cc2)c1. The lowest BCUT2D eigenvalue weighted by molar-refractivity contribution is -0.137. The van der Waals surface area contributed by atoms with Gasteiger partial charge in [-0.15, -0.1) is 0 Å². The molecule has 0 aliphatic heterocycles. The molecule has 0 spiro atoms. The number of ether oxygens (including phenoxy) is 1. The van der Waals surface area contributed by atoms with Crippen molar-refractivity contribution in [2.24, 2.45) is 0 Å². The molecule has 0 saturated carbocycles. The minimum atomic E-state index is -4.40. The number of carbonyl (C=O) groups excluding carboxylic acids is 1. The molecule has 1 N–H and O–H groups in total. The van der Waals surface area contributed by atoms with Gasteiger partial charge < -0.3 is 10.1 Å². The maximum atomic E-state index is 12.5. The zero-order valence-corrected chi connectivity index (χ0v) is 13.8. The molecule has 0 unspecified atom stereocenters. The molecule has 0 heterocycles. The van der Waals surface area contributed by atoms with Crippen LogP contribution in [0, 0.1) is 0 Å². The molecule has 0 bridgehead atoms. The van der Waals surface area contributed by atoms with Crippen LogP contribution in [0.3, 0.4) is 0 Å². The summed E-state index contributed by atoms with van der Waals surface area (Å²) in [6.07, 6.45) is -1.44. The molecular formula is C19H18F3NO2. The topological polar surface area (TPSA) is 38.3 Å². The molecule has 2 aromatic carbocycles. The largest absolute Gasteiger partial charge is 0.491 e. The van der Waals surface area contributed by atoms with Gasteiger partial charge in [0.1, 0.15) is 5.75 Å². The number of rotatable bonds is 5. The van der Waals surface area contributed by atoms with Crippen LogP contribution in [-0.2, 0) is 11.0 Å². The highest BCUT2D eigenvalue weighted by molar-refractivity contribution is 6.01. The zero-order valence-electron chi connectivity index (χ0n) is 13.8. The first kappa shape index (κ1) is 18.6. The van der Waals surface area contributed by atoms with E-state index in [2.05, 4.69) is 5.32 Å². The smallest absolute Gasteiger partial charge is 0.416 e. The molecule has 25 heavy (non-hydrogen) atoms. The van der Waals surface area contributed by atoms with E-state index in [1.807, 2.05) is 32.0 Å². The Morgan fingerprint density at radius 3 is 2.40 bits per heavy atom. The van der Waals surface area contributed by atoms with Gasteiger partial charge in [-0.05, 0) is 61.9 Å². The monoisotopic (exact) mass is 349 g/mol. The Bertz CT molecular complexity index is 750. The van der Waals surface area contributed by atoms with Gasteiger partial charge in [-0.2, -0.15) is 13.2 Å². The summed E-state index contributed by atoms with van der Waals surface area (Å²) in [5.41, 5.74) is 0.309. The third-order valence-corrected chi connectivity index (χ3v) is 3.14. The van der Waals surface area contributed by atoms with Gasteiger partial charge in [0, 0.05) is 11.8 Å². The summed E-state index contributed by atoms with van der Waals surface area (Å²) in [5.74, 6) is 0.259. The Balaban J connectivity index is 1.99. The van der Waals surface area contributed by atoms with Crippen molar-refractivity contribution in [3.05, 3.63) is 65.7 Å². The molecule has 132 valence electrons. The highest BCUT2D eigenvalue weighted by Gasteiger charge is 2.29. The summed E-state index contributed by atoms with van der Waals surface area (Å²) < 4.78 is 43.1. The lowest BCUT2D eigenvalue weighted by atomic mass is 10.2. The number of benzene rings is 2. The van der Waals surface area contributed by atoms with Crippen molar-refractivity contribution < 1.29 is 22.7 Å². The Kier molecular flexibility index (Phi) is 5.85. The molecule has 2 aromatic rings. The first-order valence-electron chi connectivity index (χ1n) is 7.67. The standard InChI is InChI=1S/C19H18F3NO2/c1-13(2)25-17-5-3-4-14(12-17)6-11-18(24)23-16-9-7-15(8-10-16)19(20,21)22/h3-13H,1-2H3,(H,23,24)/b11-6+. The van der Waals surface area contributed by atoms with Crippen LogP contribution in [0.1, 0.15) is 25.0 Å². The van der Waals surface area contributed by atoms with E-state index in [1.165, 1.54) is 18.2 Å². The highest BCUT2D eigenvalue weighted by Crippen LogP contribution is 2.29. The average molecular weight is 349 g/mol. The van der Waals surface area contributed by atoms with Crippen molar-refractivity contribution >= 4 is 17.7 Å². The number of hydrogen-bond acceptors (Lipinski definition) is 2. The fraction of sp³-hybridized carbons (Fsp3) is 0.211. The van der Waals surface area contributed by atoms with Crippen molar-refractivity contribution in [1.29, 1.82) is 0 Å².